The Morgan fingerprint density at radius 1 is 1.10 bits per heavy atom. The Hall–Kier alpha value is -3.20. The summed E-state index contributed by atoms with van der Waals surface area (Å²) in [6.45, 7) is 4.81. The van der Waals surface area contributed by atoms with E-state index < -0.39 is 74.5 Å². The Labute approximate surface area is 227 Å². The lowest BCUT2D eigenvalue weighted by molar-refractivity contribution is -0.137. The summed E-state index contributed by atoms with van der Waals surface area (Å²) in [5, 5.41) is 16.0. The number of hydrogen-bond acceptors (Lipinski definition) is 5. The van der Waals surface area contributed by atoms with Gasteiger partial charge in [0.1, 0.15) is 22.4 Å². The lowest BCUT2D eigenvalue weighted by Crippen LogP contribution is -2.42. The molecule has 0 bridgehead atoms. The van der Waals surface area contributed by atoms with E-state index in [0.717, 1.165) is 16.8 Å². The van der Waals surface area contributed by atoms with Gasteiger partial charge in [-0.1, -0.05) is 11.6 Å². The fraction of sp³-hybridized carbons (Fsp3) is 0.292. The van der Waals surface area contributed by atoms with Crippen molar-refractivity contribution in [3.05, 3.63) is 81.0 Å². The normalized spacial score (nSPS) is 13.7. The quantitative estimate of drug-likeness (QED) is 0.248. The zero-order valence-electron chi connectivity index (χ0n) is 20.8. The maximum absolute atomic E-state index is 14.3. The van der Waals surface area contributed by atoms with E-state index in [1.54, 1.807) is 20.8 Å². The molecule has 1 heterocycles. The van der Waals surface area contributed by atoms with Gasteiger partial charge in [-0.25, -0.2) is 13.6 Å². The highest BCUT2D eigenvalue weighted by Crippen LogP contribution is 2.37. The van der Waals surface area contributed by atoms with Gasteiger partial charge in [-0.15, -0.1) is 4.72 Å². The molecule has 2 atom stereocenters. The molecule has 8 nitrogen and oxygen atoms in total. The number of halogens is 6. The zero-order chi connectivity index (χ0) is 29.4. The van der Waals surface area contributed by atoms with Gasteiger partial charge < -0.3 is 15.0 Å². The smallest absolute Gasteiger partial charge is 0.416 e. The van der Waals surface area contributed by atoms with Crippen molar-refractivity contribution in [1.29, 1.82) is 0 Å². The number of anilines is 1. The number of carboxylic acid groups (broad SMARTS) is 1. The van der Waals surface area contributed by atoms with Crippen molar-refractivity contribution < 1.29 is 41.2 Å². The SMILES string of the molecule is Cn1nc(NC(=O)c2cc(F)cc(C(F)(F)F)c2)c(C(N[S+]([O-])C(C)(C)C)c2cc(F)ccc2Cl)c1C(=O)O. The number of rotatable bonds is 7. The van der Waals surface area contributed by atoms with Crippen LogP contribution in [0, 0.1) is 11.6 Å². The summed E-state index contributed by atoms with van der Waals surface area (Å²) in [6.07, 6.45) is -4.95. The third-order valence-electron chi connectivity index (χ3n) is 5.34. The third-order valence-corrected chi connectivity index (χ3v) is 7.25. The molecule has 210 valence electrons. The standard InChI is InChI=1S/C24H22ClF5N4O4S/c1-23(2,3)39(38)33-18(15-10-13(26)5-6-16(15)25)17-19(22(36)37)34(4)32-20(17)31-21(35)11-7-12(24(28,29)30)9-14(27)8-11/h5-10,18,33H,1-4H3,(H,36,37)(H,31,32,35). The largest absolute Gasteiger partial charge is 0.598 e. The van der Waals surface area contributed by atoms with E-state index in [4.69, 9.17) is 11.6 Å². The molecular formula is C24H22ClF5N4O4S. The number of amides is 1. The Bertz CT molecular complexity index is 1420. The predicted molar refractivity (Wildman–Crippen MR) is 134 cm³/mol. The Morgan fingerprint density at radius 2 is 1.74 bits per heavy atom. The van der Waals surface area contributed by atoms with Crippen molar-refractivity contribution in [3.63, 3.8) is 0 Å². The number of nitrogens with one attached hydrogen (secondary N) is 2. The first-order valence-electron chi connectivity index (χ1n) is 11.0. The van der Waals surface area contributed by atoms with Gasteiger partial charge >= 0.3 is 12.1 Å². The number of alkyl halides is 3. The molecule has 39 heavy (non-hydrogen) atoms. The van der Waals surface area contributed by atoms with Crippen LogP contribution in [0.25, 0.3) is 0 Å². The highest BCUT2D eigenvalue weighted by atomic mass is 35.5. The molecule has 1 aromatic heterocycles. The van der Waals surface area contributed by atoms with E-state index in [1.165, 1.54) is 13.1 Å². The highest BCUT2D eigenvalue weighted by molar-refractivity contribution is 7.90. The summed E-state index contributed by atoms with van der Waals surface area (Å²) in [5.74, 6) is -5.40. The van der Waals surface area contributed by atoms with Crippen LogP contribution in [0.3, 0.4) is 0 Å². The minimum absolute atomic E-state index is 0.0581. The summed E-state index contributed by atoms with van der Waals surface area (Å²) in [4.78, 5) is 25.2. The second-order valence-electron chi connectivity index (χ2n) is 9.32. The van der Waals surface area contributed by atoms with Crippen LogP contribution < -0.4 is 10.0 Å². The van der Waals surface area contributed by atoms with Crippen LogP contribution in [0.1, 0.15) is 64.3 Å². The number of carbonyl (C=O) groups is 2. The minimum atomic E-state index is -4.95. The fourth-order valence-electron chi connectivity index (χ4n) is 3.52. The van der Waals surface area contributed by atoms with Crippen LogP contribution in [0.15, 0.2) is 36.4 Å². The predicted octanol–water partition coefficient (Wildman–Crippen LogP) is 5.46. The van der Waals surface area contributed by atoms with Gasteiger partial charge in [0.05, 0.1) is 11.1 Å². The summed E-state index contributed by atoms with van der Waals surface area (Å²) < 4.78 is 83.4. The molecule has 1 amide bonds. The van der Waals surface area contributed by atoms with Crippen molar-refractivity contribution in [2.45, 2.75) is 37.7 Å². The molecule has 2 unspecified atom stereocenters. The first-order valence-corrected chi connectivity index (χ1v) is 12.5. The summed E-state index contributed by atoms with van der Waals surface area (Å²) >= 11 is 4.38. The number of benzene rings is 2. The van der Waals surface area contributed by atoms with Crippen molar-refractivity contribution >= 4 is 40.7 Å². The van der Waals surface area contributed by atoms with E-state index in [0.29, 0.717) is 12.1 Å². The Morgan fingerprint density at radius 3 is 2.31 bits per heavy atom. The average Bonchev–Trinajstić information content (AvgIpc) is 3.12. The van der Waals surface area contributed by atoms with E-state index in [9.17, 15) is 41.2 Å². The molecule has 0 spiro atoms. The van der Waals surface area contributed by atoms with Crippen molar-refractivity contribution in [2.75, 3.05) is 5.32 Å². The maximum Gasteiger partial charge on any atom is 0.416 e. The third kappa shape index (κ3) is 6.87. The van der Waals surface area contributed by atoms with Gasteiger partial charge in [0.25, 0.3) is 5.91 Å². The molecule has 0 aliphatic carbocycles. The second-order valence-corrected chi connectivity index (χ2v) is 11.7. The van der Waals surface area contributed by atoms with Crippen LogP contribution in [0.5, 0.6) is 0 Å². The number of carbonyl (C=O) groups excluding carboxylic acids is 1. The molecule has 0 radical (unpaired) electrons. The molecule has 15 heteroatoms. The lowest BCUT2D eigenvalue weighted by Gasteiger charge is -2.29. The molecule has 0 aliphatic rings. The molecule has 0 saturated heterocycles. The Balaban J connectivity index is 2.22. The van der Waals surface area contributed by atoms with Crippen LogP contribution in [-0.2, 0) is 24.6 Å². The number of carboxylic acids is 1. The van der Waals surface area contributed by atoms with Crippen molar-refractivity contribution in [3.8, 4) is 0 Å². The van der Waals surface area contributed by atoms with Gasteiger partial charge in [0, 0.05) is 29.0 Å². The average molecular weight is 593 g/mol. The van der Waals surface area contributed by atoms with Gasteiger partial charge in [-0.05, 0) is 62.7 Å². The summed E-state index contributed by atoms with van der Waals surface area (Å²) in [6, 6.07) is 2.91. The van der Waals surface area contributed by atoms with Crippen molar-refractivity contribution in [1.82, 2.24) is 14.5 Å². The van der Waals surface area contributed by atoms with E-state index in [-0.39, 0.29) is 22.2 Å². The molecule has 3 N–H and O–H groups in total. The Kier molecular flexibility index (Phi) is 8.65. The van der Waals surface area contributed by atoms with Crippen LogP contribution in [0.4, 0.5) is 27.8 Å². The number of hydrogen-bond donors (Lipinski definition) is 3. The minimum Gasteiger partial charge on any atom is -0.598 e. The van der Waals surface area contributed by atoms with Gasteiger partial charge in [0.15, 0.2) is 11.5 Å². The molecular weight excluding hydrogens is 571 g/mol. The molecule has 0 aliphatic heterocycles. The topological polar surface area (TPSA) is 119 Å². The second kappa shape index (κ2) is 11.1. The van der Waals surface area contributed by atoms with Gasteiger partial charge in [0.2, 0.25) is 0 Å². The van der Waals surface area contributed by atoms with E-state index >= 15 is 0 Å². The molecule has 0 saturated carbocycles. The van der Waals surface area contributed by atoms with Gasteiger partial charge in [-0.3, -0.25) is 9.48 Å². The zero-order valence-corrected chi connectivity index (χ0v) is 22.4. The maximum atomic E-state index is 14.3. The number of aromatic carboxylic acids is 1. The molecule has 3 aromatic rings. The first-order chi connectivity index (χ1) is 17.9. The van der Waals surface area contributed by atoms with Crippen molar-refractivity contribution in [2.24, 2.45) is 7.05 Å². The highest BCUT2D eigenvalue weighted by Gasteiger charge is 2.38. The summed E-state index contributed by atoms with van der Waals surface area (Å²) in [5.41, 5.74) is -3.08. The number of aromatic nitrogens is 2. The van der Waals surface area contributed by atoms with Gasteiger partial charge in [-0.2, -0.15) is 18.3 Å². The monoisotopic (exact) mass is 592 g/mol. The summed E-state index contributed by atoms with van der Waals surface area (Å²) in [7, 11) is 1.21. The van der Waals surface area contributed by atoms with Crippen LogP contribution in [-0.4, -0.2) is 36.1 Å². The number of nitrogens with zero attached hydrogens (tertiary/aromatic N) is 2. The molecule has 2 aromatic carbocycles. The van der Waals surface area contributed by atoms with E-state index in [2.05, 4.69) is 15.1 Å². The fourth-order valence-corrected chi connectivity index (χ4v) is 4.56. The van der Waals surface area contributed by atoms with Crippen LogP contribution in [0.2, 0.25) is 5.02 Å². The van der Waals surface area contributed by atoms with Crippen LogP contribution >= 0.6 is 11.6 Å². The molecule has 0 fully saturated rings. The first kappa shape index (κ1) is 30.3. The lowest BCUT2D eigenvalue weighted by atomic mass is 9.98. The van der Waals surface area contributed by atoms with E-state index in [1.807, 2.05) is 0 Å². The number of aryl methyl sites for hydroxylation is 1. The molecule has 3 rings (SSSR count).